The van der Waals surface area contributed by atoms with Gasteiger partial charge in [-0.3, -0.25) is 4.79 Å². The lowest BCUT2D eigenvalue weighted by atomic mass is 9.93. The molecule has 1 atom stereocenters. The number of ether oxygens (including phenoxy) is 1. The number of carbonyl (C=O) groups excluding carboxylic acids is 2. The highest BCUT2D eigenvalue weighted by Crippen LogP contribution is 2.44. The number of carbonyl (C=O) groups is 2. The molecule has 5 rings (SSSR count). The van der Waals surface area contributed by atoms with Crippen molar-refractivity contribution in [3.63, 3.8) is 0 Å². The molecule has 0 spiro atoms. The summed E-state index contributed by atoms with van der Waals surface area (Å²) in [6, 6.07) is 15.4. The first-order chi connectivity index (χ1) is 13.2. The van der Waals surface area contributed by atoms with Gasteiger partial charge in [0.25, 0.3) is 5.91 Å². The predicted molar refractivity (Wildman–Crippen MR) is 101 cm³/mol. The minimum atomic E-state index is -0.314. The number of esters is 1. The van der Waals surface area contributed by atoms with Gasteiger partial charge in [-0.25, -0.2) is 4.79 Å². The maximum absolute atomic E-state index is 12.8. The predicted octanol–water partition coefficient (Wildman–Crippen LogP) is 4.06. The molecule has 0 bridgehead atoms. The lowest BCUT2D eigenvalue weighted by Gasteiger charge is -2.25. The summed E-state index contributed by atoms with van der Waals surface area (Å²) < 4.78 is 5.60. The van der Waals surface area contributed by atoms with Crippen molar-refractivity contribution < 1.29 is 14.3 Å². The third kappa shape index (κ3) is 3.36. The van der Waals surface area contributed by atoms with Crippen molar-refractivity contribution in [3.05, 3.63) is 70.8 Å². The molecular formula is C23H23NO3. The highest BCUT2D eigenvalue weighted by molar-refractivity contribution is 5.98. The van der Waals surface area contributed by atoms with Gasteiger partial charge in [-0.15, -0.1) is 0 Å². The molecule has 1 heterocycles. The number of rotatable bonds is 5. The van der Waals surface area contributed by atoms with Crippen LogP contribution < -0.4 is 5.32 Å². The van der Waals surface area contributed by atoms with E-state index in [0.29, 0.717) is 35.4 Å². The second-order valence-corrected chi connectivity index (χ2v) is 8.05. The number of nitrogens with one attached hydrogen (secondary N) is 1. The Morgan fingerprint density at radius 3 is 2.37 bits per heavy atom. The number of hydrogen-bond donors (Lipinski definition) is 1. The highest BCUT2D eigenvalue weighted by atomic mass is 16.5. The third-order valence-electron chi connectivity index (χ3n) is 5.97. The minimum absolute atomic E-state index is 0.0169. The molecule has 27 heavy (non-hydrogen) atoms. The molecule has 2 saturated carbocycles. The van der Waals surface area contributed by atoms with E-state index in [1.165, 1.54) is 25.7 Å². The van der Waals surface area contributed by atoms with E-state index in [9.17, 15) is 9.59 Å². The minimum Gasteiger partial charge on any atom is -0.454 e. The summed E-state index contributed by atoms with van der Waals surface area (Å²) >= 11 is 0. The molecular weight excluding hydrogens is 338 g/mol. The summed E-state index contributed by atoms with van der Waals surface area (Å²) in [6.45, 7) is 0. The lowest BCUT2D eigenvalue weighted by molar-refractivity contribution is 0.0252. The van der Waals surface area contributed by atoms with Crippen molar-refractivity contribution in [1.82, 2.24) is 5.32 Å². The van der Waals surface area contributed by atoms with Crippen LogP contribution in [0.4, 0.5) is 0 Å². The van der Waals surface area contributed by atoms with Gasteiger partial charge in [-0.1, -0.05) is 30.3 Å². The summed E-state index contributed by atoms with van der Waals surface area (Å²) in [5.41, 5.74) is 3.08. The van der Waals surface area contributed by atoms with E-state index < -0.39 is 0 Å². The van der Waals surface area contributed by atoms with Crippen LogP contribution >= 0.6 is 0 Å². The first kappa shape index (κ1) is 16.5. The van der Waals surface area contributed by atoms with Crippen molar-refractivity contribution in [3.8, 4) is 0 Å². The van der Waals surface area contributed by atoms with Crippen molar-refractivity contribution in [2.24, 2.45) is 11.8 Å². The molecule has 2 fully saturated rings. The number of hydrogen-bond acceptors (Lipinski definition) is 3. The number of cyclic esters (lactones) is 1. The first-order valence-corrected chi connectivity index (χ1v) is 9.89. The van der Waals surface area contributed by atoms with Crippen LogP contribution in [0.5, 0.6) is 0 Å². The van der Waals surface area contributed by atoms with E-state index >= 15 is 0 Å². The largest absolute Gasteiger partial charge is 0.454 e. The molecule has 4 heteroatoms. The topological polar surface area (TPSA) is 55.4 Å². The zero-order valence-corrected chi connectivity index (χ0v) is 15.2. The summed E-state index contributed by atoms with van der Waals surface area (Å²) in [7, 11) is 0. The van der Waals surface area contributed by atoms with Crippen molar-refractivity contribution >= 4 is 11.9 Å². The van der Waals surface area contributed by atoms with Crippen LogP contribution in [0.1, 0.15) is 63.6 Å². The molecule has 2 aliphatic carbocycles. The average molecular weight is 361 g/mol. The molecule has 3 aliphatic rings. The second kappa shape index (κ2) is 6.52. The van der Waals surface area contributed by atoms with Crippen molar-refractivity contribution in [2.45, 2.75) is 44.2 Å². The molecule has 2 aromatic rings. The third-order valence-corrected chi connectivity index (χ3v) is 5.97. The van der Waals surface area contributed by atoms with Gasteiger partial charge in [0.15, 0.2) is 0 Å². The number of amides is 1. The van der Waals surface area contributed by atoms with E-state index in [1.54, 1.807) is 12.1 Å². The molecule has 1 unspecified atom stereocenters. The van der Waals surface area contributed by atoms with Crippen LogP contribution in [-0.2, 0) is 11.2 Å². The maximum Gasteiger partial charge on any atom is 0.339 e. The Bertz CT molecular complexity index is 872. The summed E-state index contributed by atoms with van der Waals surface area (Å²) in [5.74, 6) is 0.996. The first-order valence-electron chi connectivity index (χ1n) is 9.89. The fourth-order valence-electron chi connectivity index (χ4n) is 4.16. The second-order valence-electron chi connectivity index (χ2n) is 8.05. The number of benzene rings is 2. The van der Waals surface area contributed by atoms with Gasteiger partial charge < -0.3 is 10.1 Å². The summed E-state index contributed by atoms with van der Waals surface area (Å²) in [5, 5.41) is 3.26. The molecule has 1 amide bonds. The summed E-state index contributed by atoms with van der Waals surface area (Å²) in [4.78, 5) is 25.2. The Hall–Kier alpha value is -2.62. The zero-order valence-electron chi connectivity index (χ0n) is 15.2. The van der Waals surface area contributed by atoms with Gasteiger partial charge in [-0.05, 0) is 66.8 Å². The Balaban J connectivity index is 1.37. The molecule has 0 radical (unpaired) electrons. The molecule has 2 aromatic carbocycles. The fraction of sp³-hybridized carbons (Fsp3) is 0.391. The zero-order chi connectivity index (χ0) is 18.4. The van der Waals surface area contributed by atoms with Gasteiger partial charge in [0, 0.05) is 18.0 Å². The summed E-state index contributed by atoms with van der Waals surface area (Å²) in [6.07, 6.45) is 5.23. The highest BCUT2D eigenvalue weighted by Gasteiger charge is 2.42. The molecule has 0 aromatic heterocycles. The lowest BCUT2D eigenvalue weighted by Crippen LogP contribution is -2.38. The van der Waals surface area contributed by atoms with Crippen LogP contribution in [0.25, 0.3) is 0 Å². The molecule has 138 valence electrons. The van der Waals surface area contributed by atoms with Gasteiger partial charge in [0.1, 0.15) is 6.10 Å². The number of fused-ring (bicyclic) bond motifs is 1. The van der Waals surface area contributed by atoms with E-state index in [-0.39, 0.29) is 18.0 Å². The van der Waals surface area contributed by atoms with Gasteiger partial charge >= 0.3 is 5.97 Å². The van der Waals surface area contributed by atoms with Crippen LogP contribution in [0.15, 0.2) is 48.5 Å². The average Bonchev–Trinajstić information content (AvgIpc) is 3.59. The maximum atomic E-state index is 12.8. The molecule has 0 saturated heterocycles. The Morgan fingerprint density at radius 1 is 1.00 bits per heavy atom. The van der Waals surface area contributed by atoms with Crippen LogP contribution in [0.2, 0.25) is 0 Å². The SMILES string of the molecule is O=C(NC(C1CC1)C1CC1)c1ccc2c(c1)CC(c1ccccc1)OC2=O. The smallest absolute Gasteiger partial charge is 0.339 e. The van der Waals surface area contributed by atoms with E-state index in [2.05, 4.69) is 5.32 Å². The van der Waals surface area contributed by atoms with E-state index in [1.807, 2.05) is 36.4 Å². The van der Waals surface area contributed by atoms with E-state index in [4.69, 9.17) is 4.74 Å². The monoisotopic (exact) mass is 361 g/mol. The van der Waals surface area contributed by atoms with Gasteiger partial charge in [-0.2, -0.15) is 0 Å². The molecule has 1 N–H and O–H groups in total. The van der Waals surface area contributed by atoms with Crippen LogP contribution in [-0.4, -0.2) is 17.9 Å². The van der Waals surface area contributed by atoms with Crippen molar-refractivity contribution in [1.29, 1.82) is 0 Å². The standard InChI is InChI=1S/C23H23NO3/c25-22(24-21(15-6-7-15)16-8-9-16)17-10-11-19-18(12-17)13-20(27-23(19)26)14-4-2-1-3-5-14/h1-5,10-12,15-16,20-21H,6-9,13H2,(H,24,25). The van der Waals surface area contributed by atoms with Gasteiger partial charge in [0.05, 0.1) is 5.56 Å². The molecule has 1 aliphatic heterocycles. The Morgan fingerprint density at radius 2 is 1.70 bits per heavy atom. The van der Waals surface area contributed by atoms with Crippen LogP contribution in [0.3, 0.4) is 0 Å². The van der Waals surface area contributed by atoms with Crippen molar-refractivity contribution in [2.75, 3.05) is 0 Å². The van der Waals surface area contributed by atoms with E-state index in [0.717, 1.165) is 11.1 Å². The fourth-order valence-corrected chi connectivity index (χ4v) is 4.16. The Kier molecular flexibility index (Phi) is 4.00. The molecule has 4 nitrogen and oxygen atoms in total. The van der Waals surface area contributed by atoms with Crippen LogP contribution in [0, 0.1) is 11.8 Å². The quantitative estimate of drug-likeness (QED) is 0.817. The Labute approximate surface area is 158 Å². The van der Waals surface area contributed by atoms with Gasteiger partial charge in [0.2, 0.25) is 0 Å². The normalized spacial score (nSPS) is 21.5.